The van der Waals surface area contributed by atoms with Gasteiger partial charge in [-0.05, 0) is 38.2 Å². The lowest BCUT2D eigenvalue weighted by molar-refractivity contribution is 0.112. The van der Waals surface area contributed by atoms with Gasteiger partial charge in [-0.25, -0.2) is 0 Å². The number of hydrogen-bond acceptors (Lipinski definition) is 2. The number of allylic oxidation sites excluding steroid dienone is 4. The van der Waals surface area contributed by atoms with Gasteiger partial charge in [0.05, 0.1) is 13.2 Å². The summed E-state index contributed by atoms with van der Waals surface area (Å²) in [7, 11) is 3.49. The van der Waals surface area contributed by atoms with Crippen molar-refractivity contribution in [2.24, 2.45) is 5.92 Å². The molecule has 2 atom stereocenters. The van der Waals surface area contributed by atoms with Crippen molar-refractivity contribution in [3.63, 3.8) is 0 Å². The highest BCUT2D eigenvalue weighted by Gasteiger charge is 2.10. The SMILES string of the molecule is COC1=CCC(C)C=C1/C=C/CC[C@H](C)OC. The second-order valence-electron chi connectivity index (χ2n) is 4.63. The Balaban J connectivity index is 2.48. The molecule has 0 amide bonds. The normalized spacial score (nSPS) is 22.2. The van der Waals surface area contributed by atoms with Crippen molar-refractivity contribution < 1.29 is 9.47 Å². The van der Waals surface area contributed by atoms with Gasteiger partial charge >= 0.3 is 0 Å². The predicted molar refractivity (Wildman–Crippen MR) is 71.8 cm³/mol. The first kappa shape index (κ1) is 14.0. The fourth-order valence-corrected chi connectivity index (χ4v) is 1.87. The van der Waals surface area contributed by atoms with Crippen LogP contribution in [0.2, 0.25) is 0 Å². The fourth-order valence-electron chi connectivity index (χ4n) is 1.87. The molecule has 1 rings (SSSR count). The highest BCUT2D eigenvalue weighted by Crippen LogP contribution is 2.24. The second-order valence-corrected chi connectivity index (χ2v) is 4.63. The van der Waals surface area contributed by atoms with Crippen LogP contribution in [0.3, 0.4) is 0 Å². The summed E-state index contributed by atoms with van der Waals surface area (Å²) in [6.45, 7) is 4.32. The monoisotopic (exact) mass is 236 g/mol. The topological polar surface area (TPSA) is 18.5 Å². The van der Waals surface area contributed by atoms with Crippen LogP contribution in [-0.2, 0) is 9.47 Å². The predicted octanol–water partition coefficient (Wildman–Crippen LogP) is 3.85. The summed E-state index contributed by atoms with van der Waals surface area (Å²) in [4.78, 5) is 0. The van der Waals surface area contributed by atoms with Crippen LogP contribution in [0.5, 0.6) is 0 Å². The lowest BCUT2D eigenvalue weighted by Crippen LogP contribution is -2.03. The molecule has 0 bridgehead atoms. The molecule has 1 aliphatic rings. The smallest absolute Gasteiger partial charge is 0.121 e. The van der Waals surface area contributed by atoms with Gasteiger partial charge in [0.25, 0.3) is 0 Å². The van der Waals surface area contributed by atoms with Crippen LogP contribution in [0.25, 0.3) is 0 Å². The van der Waals surface area contributed by atoms with Gasteiger partial charge in [-0.2, -0.15) is 0 Å². The lowest BCUT2D eigenvalue weighted by atomic mass is 9.96. The molecule has 0 aromatic heterocycles. The molecular weight excluding hydrogens is 212 g/mol. The minimum atomic E-state index is 0.330. The molecule has 0 spiro atoms. The summed E-state index contributed by atoms with van der Waals surface area (Å²) in [5, 5.41) is 0. The molecule has 0 heterocycles. The van der Waals surface area contributed by atoms with Crippen molar-refractivity contribution in [2.75, 3.05) is 14.2 Å². The Kier molecular flexibility index (Phi) is 6.06. The number of ether oxygens (including phenoxy) is 2. The van der Waals surface area contributed by atoms with Gasteiger partial charge in [-0.3, -0.25) is 0 Å². The zero-order valence-electron chi connectivity index (χ0n) is 11.4. The average molecular weight is 236 g/mol. The van der Waals surface area contributed by atoms with Crippen LogP contribution in [0.4, 0.5) is 0 Å². The van der Waals surface area contributed by atoms with Crippen LogP contribution in [0.1, 0.15) is 33.1 Å². The van der Waals surface area contributed by atoms with Crippen LogP contribution in [-0.4, -0.2) is 20.3 Å². The quantitative estimate of drug-likeness (QED) is 0.697. The Bertz CT molecular complexity index is 313. The Morgan fingerprint density at radius 3 is 2.88 bits per heavy atom. The Morgan fingerprint density at radius 2 is 2.24 bits per heavy atom. The van der Waals surface area contributed by atoms with Crippen molar-refractivity contribution in [3.8, 4) is 0 Å². The van der Waals surface area contributed by atoms with Crippen molar-refractivity contribution in [1.82, 2.24) is 0 Å². The minimum Gasteiger partial charge on any atom is -0.496 e. The first-order valence-corrected chi connectivity index (χ1v) is 6.33. The van der Waals surface area contributed by atoms with E-state index in [0.29, 0.717) is 12.0 Å². The van der Waals surface area contributed by atoms with E-state index in [4.69, 9.17) is 9.47 Å². The number of methoxy groups -OCH3 is 2. The Hall–Kier alpha value is -1.02. The average Bonchev–Trinajstić information content (AvgIpc) is 2.34. The van der Waals surface area contributed by atoms with Crippen molar-refractivity contribution in [1.29, 1.82) is 0 Å². The van der Waals surface area contributed by atoms with Gasteiger partial charge in [0.1, 0.15) is 5.76 Å². The third-order valence-corrected chi connectivity index (χ3v) is 3.08. The molecule has 0 radical (unpaired) electrons. The molecule has 0 fully saturated rings. The van der Waals surface area contributed by atoms with E-state index >= 15 is 0 Å². The molecule has 2 heteroatoms. The van der Waals surface area contributed by atoms with Gasteiger partial charge < -0.3 is 9.47 Å². The zero-order chi connectivity index (χ0) is 12.7. The van der Waals surface area contributed by atoms with Gasteiger partial charge in [0.2, 0.25) is 0 Å². The summed E-state index contributed by atoms with van der Waals surface area (Å²) in [5.74, 6) is 1.60. The molecule has 0 aromatic rings. The summed E-state index contributed by atoms with van der Waals surface area (Å²) < 4.78 is 10.6. The molecule has 0 saturated carbocycles. The Labute approximate surface area is 105 Å². The van der Waals surface area contributed by atoms with Crippen molar-refractivity contribution in [3.05, 3.63) is 35.6 Å². The highest BCUT2D eigenvalue weighted by atomic mass is 16.5. The molecule has 0 N–H and O–H groups in total. The van der Waals surface area contributed by atoms with Gasteiger partial charge in [-0.1, -0.05) is 25.2 Å². The van der Waals surface area contributed by atoms with E-state index < -0.39 is 0 Å². The van der Waals surface area contributed by atoms with Crippen molar-refractivity contribution in [2.45, 2.75) is 39.2 Å². The Morgan fingerprint density at radius 1 is 1.47 bits per heavy atom. The summed E-state index contributed by atoms with van der Waals surface area (Å²) in [6.07, 6.45) is 12.3. The highest BCUT2D eigenvalue weighted by molar-refractivity contribution is 5.38. The van der Waals surface area contributed by atoms with E-state index in [1.165, 1.54) is 5.57 Å². The molecule has 0 aromatic carbocycles. The second kappa shape index (κ2) is 7.33. The number of hydrogen-bond donors (Lipinski definition) is 0. The summed E-state index contributed by atoms with van der Waals surface area (Å²) in [5.41, 5.74) is 1.20. The van der Waals surface area contributed by atoms with Crippen LogP contribution < -0.4 is 0 Å². The van der Waals surface area contributed by atoms with E-state index in [2.05, 4.69) is 38.2 Å². The molecule has 0 aliphatic heterocycles. The maximum absolute atomic E-state index is 5.37. The standard InChI is InChI=1S/C15H24O2/c1-12-9-10-15(17-4)14(11-12)8-6-5-7-13(2)16-3/h6,8,10-13H,5,7,9H2,1-4H3/b8-6+/t12?,13-/m0/s1. The van der Waals surface area contributed by atoms with E-state index in [1.54, 1.807) is 14.2 Å². The largest absolute Gasteiger partial charge is 0.496 e. The van der Waals surface area contributed by atoms with Crippen LogP contribution in [0.15, 0.2) is 35.6 Å². The van der Waals surface area contributed by atoms with Gasteiger partial charge in [-0.15, -0.1) is 0 Å². The maximum Gasteiger partial charge on any atom is 0.121 e. The summed E-state index contributed by atoms with van der Waals surface area (Å²) in [6, 6.07) is 0. The third kappa shape index (κ3) is 4.78. The van der Waals surface area contributed by atoms with Crippen molar-refractivity contribution >= 4 is 0 Å². The third-order valence-electron chi connectivity index (χ3n) is 3.08. The first-order valence-electron chi connectivity index (χ1n) is 6.33. The molecule has 1 unspecified atom stereocenters. The molecule has 0 saturated heterocycles. The van der Waals surface area contributed by atoms with Gasteiger partial charge in [0, 0.05) is 12.7 Å². The minimum absolute atomic E-state index is 0.330. The van der Waals surface area contributed by atoms with E-state index in [1.807, 2.05) is 0 Å². The first-order chi connectivity index (χ1) is 8.17. The van der Waals surface area contributed by atoms with Crippen LogP contribution >= 0.6 is 0 Å². The van der Waals surface area contributed by atoms with E-state index in [0.717, 1.165) is 25.0 Å². The molecule has 17 heavy (non-hydrogen) atoms. The van der Waals surface area contributed by atoms with E-state index in [9.17, 15) is 0 Å². The maximum atomic E-state index is 5.37. The molecule has 2 nitrogen and oxygen atoms in total. The molecule has 96 valence electrons. The van der Waals surface area contributed by atoms with Gasteiger partial charge in [0.15, 0.2) is 0 Å². The van der Waals surface area contributed by atoms with Crippen LogP contribution in [0, 0.1) is 5.92 Å². The molecule has 1 aliphatic carbocycles. The lowest BCUT2D eigenvalue weighted by Gasteiger charge is -2.16. The number of rotatable bonds is 6. The zero-order valence-corrected chi connectivity index (χ0v) is 11.4. The molecular formula is C15H24O2. The van der Waals surface area contributed by atoms with E-state index in [-0.39, 0.29) is 0 Å². The fraction of sp³-hybridized carbons (Fsp3) is 0.600. The summed E-state index contributed by atoms with van der Waals surface area (Å²) >= 11 is 0.